The molecule has 0 bridgehead atoms. The monoisotopic (exact) mass is 413 g/mol. The maximum atomic E-state index is 12.7. The third-order valence-corrected chi connectivity index (χ3v) is 5.25. The molecular weight excluding hydrogens is 397 g/mol. The lowest BCUT2D eigenvalue weighted by Gasteiger charge is -2.22. The molecule has 0 atom stereocenters. The van der Waals surface area contributed by atoms with Gasteiger partial charge < -0.3 is 15.0 Å². The number of carbonyl (C=O) groups is 2. The Bertz CT molecular complexity index is 803. The number of amides is 2. The predicted octanol–water partition coefficient (Wildman–Crippen LogP) is 4.82. The van der Waals surface area contributed by atoms with Crippen molar-refractivity contribution in [1.82, 2.24) is 9.88 Å². The van der Waals surface area contributed by atoms with Crippen molar-refractivity contribution in [2.75, 3.05) is 11.9 Å². The Kier molecular flexibility index (Phi) is 6.01. The van der Waals surface area contributed by atoms with E-state index in [2.05, 4.69) is 10.3 Å². The van der Waals surface area contributed by atoms with Crippen LogP contribution in [-0.4, -0.2) is 34.5 Å². The molecule has 1 aromatic heterocycles. The number of para-hydroxylation sites is 1. The minimum Gasteiger partial charge on any atom is -0.461 e. The highest BCUT2D eigenvalue weighted by Gasteiger charge is 2.34. The number of aromatic nitrogens is 1. The number of urea groups is 1. The summed E-state index contributed by atoms with van der Waals surface area (Å²) in [5, 5.41) is 5.84. The van der Waals surface area contributed by atoms with Gasteiger partial charge in [-0.15, -0.1) is 11.3 Å². The summed E-state index contributed by atoms with van der Waals surface area (Å²) in [6.45, 7) is 2.34. The van der Waals surface area contributed by atoms with E-state index in [0.29, 0.717) is 33.9 Å². The van der Waals surface area contributed by atoms with E-state index in [1.807, 2.05) is 0 Å². The number of ether oxygens (including phenoxy) is 1. The van der Waals surface area contributed by atoms with Crippen LogP contribution in [-0.2, 0) is 11.3 Å². The van der Waals surface area contributed by atoms with Crippen molar-refractivity contribution in [2.45, 2.75) is 32.4 Å². The van der Waals surface area contributed by atoms with Crippen LogP contribution in [0.5, 0.6) is 0 Å². The van der Waals surface area contributed by atoms with Crippen LogP contribution in [0.15, 0.2) is 23.6 Å². The molecule has 9 heteroatoms. The zero-order valence-electron chi connectivity index (χ0n) is 14.0. The highest BCUT2D eigenvalue weighted by molar-refractivity contribution is 7.09. The van der Waals surface area contributed by atoms with Crippen molar-refractivity contribution in [3.63, 3.8) is 0 Å². The second-order valence-electron chi connectivity index (χ2n) is 5.73. The first-order chi connectivity index (χ1) is 12.5. The van der Waals surface area contributed by atoms with E-state index in [4.69, 9.17) is 27.9 Å². The fraction of sp³-hybridized carbons (Fsp3) is 0.353. The molecule has 1 aliphatic carbocycles. The Morgan fingerprint density at radius 2 is 2.04 bits per heavy atom. The zero-order valence-corrected chi connectivity index (χ0v) is 16.3. The van der Waals surface area contributed by atoms with Crippen LogP contribution >= 0.6 is 34.5 Å². The SMILES string of the molecule is CCOC(=O)c1csc(CN(C(=O)Nc2c(Cl)cccc2Cl)C2CC2)n1. The van der Waals surface area contributed by atoms with Gasteiger partial charge in [0, 0.05) is 11.4 Å². The Balaban J connectivity index is 1.72. The lowest BCUT2D eigenvalue weighted by molar-refractivity contribution is 0.0520. The zero-order chi connectivity index (χ0) is 18.7. The second kappa shape index (κ2) is 8.24. The third kappa shape index (κ3) is 4.47. The molecule has 0 radical (unpaired) electrons. The highest BCUT2D eigenvalue weighted by Crippen LogP contribution is 2.33. The van der Waals surface area contributed by atoms with Crippen LogP contribution in [0.1, 0.15) is 35.3 Å². The van der Waals surface area contributed by atoms with Gasteiger partial charge in [-0.05, 0) is 31.9 Å². The number of esters is 1. The van der Waals surface area contributed by atoms with E-state index in [0.717, 1.165) is 12.8 Å². The number of anilines is 1. The molecule has 6 nitrogen and oxygen atoms in total. The molecule has 3 rings (SSSR count). The summed E-state index contributed by atoms with van der Waals surface area (Å²) in [6.07, 6.45) is 1.86. The van der Waals surface area contributed by atoms with Gasteiger partial charge in [0.1, 0.15) is 5.01 Å². The summed E-state index contributed by atoms with van der Waals surface area (Å²) in [5.74, 6) is -0.458. The Labute approximate surface area is 165 Å². The molecule has 1 fully saturated rings. The van der Waals surface area contributed by atoms with Gasteiger partial charge in [0.05, 0.1) is 28.9 Å². The fourth-order valence-electron chi connectivity index (χ4n) is 2.38. The quantitative estimate of drug-likeness (QED) is 0.688. The number of rotatable bonds is 6. The maximum Gasteiger partial charge on any atom is 0.357 e. The lowest BCUT2D eigenvalue weighted by atomic mass is 10.3. The van der Waals surface area contributed by atoms with Gasteiger partial charge in [-0.25, -0.2) is 14.6 Å². The third-order valence-electron chi connectivity index (χ3n) is 3.79. The van der Waals surface area contributed by atoms with E-state index in [9.17, 15) is 9.59 Å². The number of nitrogens with zero attached hydrogens (tertiary/aromatic N) is 2. The Morgan fingerprint density at radius 1 is 1.35 bits per heavy atom. The van der Waals surface area contributed by atoms with Crippen LogP contribution in [0.4, 0.5) is 10.5 Å². The van der Waals surface area contributed by atoms with Crippen molar-refractivity contribution in [3.05, 3.63) is 44.3 Å². The summed E-state index contributed by atoms with van der Waals surface area (Å²) < 4.78 is 4.94. The Hall–Kier alpha value is -1.83. The highest BCUT2D eigenvalue weighted by atomic mass is 35.5. The average molecular weight is 414 g/mol. The molecule has 138 valence electrons. The van der Waals surface area contributed by atoms with Crippen LogP contribution < -0.4 is 5.32 Å². The number of halogens is 2. The smallest absolute Gasteiger partial charge is 0.357 e. The molecule has 2 amide bonds. The summed E-state index contributed by atoms with van der Waals surface area (Å²) in [7, 11) is 0. The van der Waals surface area contributed by atoms with E-state index in [1.54, 1.807) is 35.4 Å². The van der Waals surface area contributed by atoms with E-state index in [-0.39, 0.29) is 17.8 Å². The molecule has 0 unspecified atom stereocenters. The first-order valence-corrected chi connectivity index (χ1v) is 9.76. The summed E-state index contributed by atoms with van der Waals surface area (Å²) in [6, 6.07) is 4.89. The molecule has 1 aliphatic rings. The second-order valence-corrected chi connectivity index (χ2v) is 7.49. The van der Waals surface area contributed by atoms with E-state index in [1.165, 1.54) is 11.3 Å². The van der Waals surface area contributed by atoms with Crippen molar-refractivity contribution in [3.8, 4) is 0 Å². The van der Waals surface area contributed by atoms with Crippen LogP contribution in [0, 0.1) is 0 Å². The topological polar surface area (TPSA) is 71.5 Å². The molecule has 1 heterocycles. The van der Waals surface area contributed by atoms with Crippen LogP contribution in [0.3, 0.4) is 0 Å². The maximum absolute atomic E-state index is 12.7. The predicted molar refractivity (Wildman–Crippen MR) is 102 cm³/mol. The van der Waals surface area contributed by atoms with Crippen molar-refractivity contribution in [2.24, 2.45) is 0 Å². The molecule has 0 spiro atoms. The molecular formula is C17H17Cl2N3O3S. The standard InChI is InChI=1S/C17H17Cl2N3O3S/c1-2-25-16(23)13-9-26-14(20-13)8-22(10-6-7-10)17(24)21-15-11(18)4-3-5-12(15)19/h3-5,9-10H,2,6-8H2,1H3,(H,21,24). The molecule has 1 aromatic carbocycles. The van der Waals surface area contributed by atoms with Gasteiger partial charge in [0.2, 0.25) is 0 Å². The van der Waals surface area contributed by atoms with Crippen LogP contribution in [0.2, 0.25) is 10.0 Å². The lowest BCUT2D eigenvalue weighted by Crippen LogP contribution is -2.36. The van der Waals surface area contributed by atoms with Crippen molar-refractivity contribution in [1.29, 1.82) is 0 Å². The molecule has 0 saturated heterocycles. The first kappa shape index (κ1) is 18.9. The van der Waals surface area contributed by atoms with E-state index >= 15 is 0 Å². The van der Waals surface area contributed by atoms with Crippen molar-refractivity contribution >= 4 is 52.2 Å². The molecule has 2 aromatic rings. The van der Waals surface area contributed by atoms with Gasteiger partial charge in [0.15, 0.2) is 5.69 Å². The largest absolute Gasteiger partial charge is 0.461 e. The first-order valence-electron chi connectivity index (χ1n) is 8.12. The Morgan fingerprint density at radius 3 is 2.65 bits per heavy atom. The number of carbonyl (C=O) groups excluding carboxylic acids is 2. The minimum atomic E-state index is -0.458. The normalized spacial score (nSPS) is 13.3. The number of thiazole rings is 1. The minimum absolute atomic E-state index is 0.145. The number of hydrogen-bond acceptors (Lipinski definition) is 5. The number of nitrogens with one attached hydrogen (secondary N) is 1. The number of benzene rings is 1. The number of hydrogen-bond donors (Lipinski definition) is 1. The molecule has 1 saturated carbocycles. The van der Waals surface area contributed by atoms with E-state index < -0.39 is 5.97 Å². The van der Waals surface area contributed by atoms with Gasteiger partial charge >= 0.3 is 12.0 Å². The molecule has 1 N–H and O–H groups in total. The van der Waals surface area contributed by atoms with Gasteiger partial charge in [-0.2, -0.15) is 0 Å². The van der Waals surface area contributed by atoms with Crippen LogP contribution in [0.25, 0.3) is 0 Å². The average Bonchev–Trinajstić information content (AvgIpc) is 3.34. The van der Waals surface area contributed by atoms with Gasteiger partial charge in [-0.3, -0.25) is 0 Å². The van der Waals surface area contributed by atoms with Gasteiger partial charge in [0.25, 0.3) is 0 Å². The van der Waals surface area contributed by atoms with Crippen molar-refractivity contribution < 1.29 is 14.3 Å². The fourth-order valence-corrected chi connectivity index (χ4v) is 3.63. The molecule has 0 aliphatic heterocycles. The summed E-state index contributed by atoms with van der Waals surface area (Å²) >= 11 is 13.6. The summed E-state index contributed by atoms with van der Waals surface area (Å²) in [4.78, 5) is 30.4. The van der Waals surface area contributed by atoms with Gasteiger partial charge in [-0.1, -0.05) is 29.3 Å². The molecule has 26 heavy (non-hydrogen) atoms. The summed E-state index contributed by atoms with van der Waals surface area (Å²) in [5.41, 5.74) is 0.648.